The van der Waals surface area contributed by atoms with Crippen molar-refractivity contribution in [2.45, 2.75) is 32.2 Å². The Morgan fingerprint density at radius 2 is 1.52 bits per heavy atom. The quantitative estimate of drug-likeness (QED) is 0.611. The summed E-state index contributed by atoms with van der Waals surface area (Å²) in [4.78, 5) is 30.3. The van der Waals surface area contributed by atoms with Crippen molar-refractivity contribution in [3.63, 3.8) is 0 Å². The van der Waals surface area contributed by atoms with Crippen molar-refractivity contribution in [2.75, 3.05) is 31.5 Å². The number of para-hydroxylation sites is 1. The Bertz CT molecular complexity index is 1140. The maximum atomic E-state index is 13.0. The van der Waals surface area contributed by atoms with Gasteiger partial charge in [0.15, 0.2) is 0 Å². The normalized spacial score (nSPS) is 17.4. The highest BCUT2D eigenvalue weighted by molar-refractivity contribution is 6.04. The minimum Gasteiger partial charge on any atom is -0.339 e. The Balaban J connectivity index is 1.20. The van der Waals surface area contributed by atoms with Crippen LogP contribution in [0.4, 0.5) is 5.69 Å². The van der Waals surface area contributed by atoms with Gasteiger partial charge in [0.2, 0.25) is 5.91 Å². The molecule has 2 aliphatic heterocycles. The van der Waals surface area contributed by atoms with E-state index in [2.05, 4.69) is 52.7 Å². The minimum atomic E-state index is -0.0243. The second-order valence-electron chi connectivity index (χ2n) is 9.22. The van der Waals surface area contributed by atoms with E-state index >= 15 is 0 Å². The molecule has 0 unspecified atom stereocenters. The second kappa shape index (κ2) is 9.75. The van der Waals surface area contributed by atoms with Crippen LogP contribution in [0.5, 0.6) is 0 Å². The average Bonchev–Trinajstić information content (AvgIpc) is 3.40. The van der Waals surface area contributed by atoms with Crippen LogP contribution in [0.25, 0.3) is 10.8 Å². The number of carbonyl (C=O) groups is 2. The Morgan fingerprint density at radius 1 is 0.818 bits per heavy atom. The lowest BCUT2D eigenvalue weighted by molar-refractivity contribution is -0.121. The van der Waals surface area contributed by atoms with Crippen molar-refractivity contribution >= 4 is 28.3 Å². The molecule has 0 radical (unpaired) electrons. The molecule has 2 aliphatic rings. The summed E-state index contributed by atoms with van der Waals surface area (Å²) in [6.07, 6.45) is 3.77. The van der Waals surface area contributed by atoms with Gasteiger partial charge < -0.3 is 10.2 Å². The van der Waals surface area contributed by atoms with Crippen molar-refractivity contribution in [3.8, 4) is 0 Å². The second-order valence-corrected chi connectivity index (χ2v) is 9.22. The van der Waals surface area contributed by atoms with E-state index in [9.17, 15) is 9.59 Å². The molecule has 2 amide bonds. The number of rotatable bonds is 5. The van der Waals surface area contributed by atoms with Gasteiger partial charge in [-0.05, 0) is 67.2 Å². The molecule has 2 saturated heterocycles. The zero-order valence-electron chi connectivity index (χ0n) is 19.0. The molecule has 170 valence electrons. The summed E-state index contributed by atoms with van der Waals surface area (Å²) in [5, 5.41) is 5.64. The van der Waals surface area contributed by atoms with Crippen molar-refractivity contribution in [2.24, 2.45) is 5.92 Å². The molecule has 0 bridgehead atoms. The van der Waals surface area contributed by atoms with Crippen molar-refractivity contribution < 1.29 is 9.59 Å². The maximum Gasteiger partial charge on any atom is 0.255 e. The molecule has 0 spiro atoms. The molecule has 3 aromatic rings. The van der Waals surface area contributed by atoms with Crippen LogP contribution in [0.1, 0.15) is 41.6 Å². The molecule has 0 atom stereocenters. The van der Waals surface area contributed by atoms with Crippen LogP contribution in [0.3, 0.4) is 0 Å². The number of nitrogens with zero attached hydrogens (tertiary/aromatic N) is 2. The van der Waals surface area contributed by atoms with Crippen molar-refractivity contribution in [3.05, 3.63) is 77.9 Å². The molecule has 1 N–H and O–H groups in total. The molecule has 5 heteroatoms. The standard InChI is InChI=1S/C28H31N3O2/c32-27(29-26-13-4-3-12-25(26)28(33)31-16-5-6-17-31)22-14-18-30(19-15-22)20-23-10-7-9-21-8-1-2-11-24(21)23/h1-4,7-13,22H,5-6,14-20H2,(H,29,32). The third-order valence-corrected chi connectivity index (χ3v) is 7.04. The van der Waals surface area contributed by atoms with Crippen LogP contribution in [0, 0.1) is 5.92 Å². The lowest BCUT2D eigenvalue weighted by Gasteiger charge is -2.31. The first kappa shape index (κ1) is 21.7. The van der Waals surface area contributed by atoms with Crippen LogP contribution in [-0.2, 0) is 11.3 Å². The van der Waals surface area contributed by atoms with Gasteiger partial charge in [-0.2, -0.15) is 0 Å². The number of fused-ring (bicyclic) bond motifs is 1. The fraction of sp³-hybridized carbons (Fsp3) is 0.357. The molecule has 0 aromatic heterocycles. The summed E-state index contributed by atoms with van der Waals surface area (Å²) >= 11 is 0. The molecule has 0 saturated carbocycles. The van der Waals surface area contributed by atoms with E-state index in [-0.39, 0.29) is 17.7 Å². The Labute approximate surface area is 195 Å². The van der Waals surface area contributed by atoms with E-state index in [0.717, 1.165) is 58.4 Å². The van der Waals surface area contributed by atoms with E-state index in [1.165, 1.54) is 16.3 Å². The lowest BCUT2D eigenvalue weighted by atomic mass is 9.94. The first-order valence-corrected chi connectivity index (χ1v) is 12.1. The number of amides is 2. The SMILES string of the molecule is O=C(Nc1ccccc1C(=O)N1CCCC1)C1CCN(Cc2cccc3ccccc23)CC1. The molecular formula is C28H31N3O2. The number of hydrogen-bond donors (Lipinski definition) is 1. The number of nitrogens with one attached hydrogen (secondary N) is 1. The molecule has 5 rings (SSSR count). The molecule has 5 nitrogen and oxygen atoms in total. The zero-order valence-corrected chi connectivity index (χ0v) is 19.0. The monoisotopic (exact) mass is 441 g/mol. The predicted molar refractivity (Wildman–Crippen MR) is 132 cm³/mol. The number of likely N-dealkylation sites (tertiary alicyclic amines) is 2. The summed E-state index contributed by atoms with van der Waals surface area (Å²) in [6.45, 7) is 4.31. The Kier molecular flexibility index (Phi) is 6.40. The molecule has 0 aliphatic carbocycles. The van der Waals surface area contributed by atoms with Gasteiger partial charge in [-0.15, -0.1) is 0 Å². The van der Waals surface area contributed by atoms with Gasteiger partial charge in [0.05, 0.1) is 11.3 Å². The van der Waals surface area contributed by atoms with Crippen LogP contribution in [-0.4, -0.2) is 47.8 Å². The summed E-state index contributed by atoms with van der Waals surface area (Å²) < 4.78 is 0. The van der Waals surface area contributed by atoms with E-state index < -0.39 is 0 Å². The molecular weight excluding hydrogens is 410 g/mol. The van der Waals surface area contributed by atoms with Gasteiger partial charge in [0.1, 0.15) is 0 Å². The smallest absolute Gasteiger partial charge is 0.255 e. The fourth-order valence-corrected chi connectivity index (χ4v) is 5.13. The predicted octanol–water partition coefficient (Wildman–Crippen LogP) is 4.93. The average molecular weight is 442 g/mol. The topological polar surface area (TPSA) is 52.7 Å². The summed E-state index contributed by atoms with van der Waals surface area (Å²) in [5.41, 5.74) is 2.57. The largest absolute Gasteiger partial charge is 0.339 e. The maximum absolute atomic E-state index is 13.0. The number of benzene rings is 3. The van der Waals surface area contributed by atoms with Crippen LogP contribution < -0.4 is 5.32 Å². The van der Waals surface area contributed by atoms with E-state index in [1.54, 1.807) is 0 Å². The van der Waals surface area contributed by atoms with Crippen molar-refractivity contribution in [1.82, 2.24) is 9.80 Å². The first-order chi connectivity index (χ1) is 16.2. The van der Waals surface area contributed by atoms with Crippen molar-refractivity contribution in [1.29, 1.82) is 0 Å². The van der Waals surface area contributed by atoms with Gasteiger partial charge in [-0.1, -0.05) is 54.6 Å². The Morgan fingerprint density at radius 3 is 2.33 bits per heavy atom. The minimum absolute atomic E-state index is 0.0216. The highest BCUT2D eigenvalue weighted by Gasteiger charge is 2.27. The van der Waals surface area contributed by atoms with Gasteiger partial charge in [0.25, 0.3) is 5.91 Å². The van der Waals surface area contributed by atoms with Gasteiger partial charge in [-0.25, -0.2) is 0 Å². The summed E-state index contributed by atoms with van der Waals surface area (Å²) in [5.74, 6) is 0.0264. The molecule has 33 heavy (non-hydrogen) atoms. The third kappa shape index (κ3) is 4.79. The van der Waals surface area contributed by atoms with Crippen LogP contribution in [0.15, 0.2) is 66.7 Å². The number of piperidine rings is 1. The highest BCUT2D eigenvalue weighted by Crippen LogP contribution is 2.26. The lowest BCUT2D eigenvalue weighted by Crippen LogP contribution is -2.38. The Hall–Kier alpha value is -3.18. The third-order valence-electron chi connectivity index (χ3n) is 7.04. The number of anilines is 1. The van der Waals surface area contributed by atoms with Gasteiger partial charge >= 0.3 is 0 Å². The fourth-order valence-electron chi connectivity index (χ4n) is 5.13. The summed E-state index contributed by atoms with van der Waals surface area (Å²) in [6, 6.07) is 22.4. The van der Waals surface area contributed by atoms with Crippen LogP contribution in [0.2, 0.25) is 0 Å². The molecule has 2 fully saturated rings. The highest BCUT2D eigenvalue weighted by atomic mass is 16.2. The number of hydrogen-bond acceptors (Lipinski definition) is 3. The van der Waals surface area contributed by atoms with E-state index in [4.69, 9.17) is 0 Å². The zero-order chi connectivity index (χ0) is 22.6. The van der Waals surface area contributed by atoms with Gasteiger partial charge in [-0.3, -0.25) is 14.5 Å². The van der Waals surface area contributed by atoms with E-state index in [0.29, 0.717) is 11.3 Å². The molecule has 2 heterocycles. The number of carbonyl (C=O) groups excluding carboxylic acids is 2. The van der Waals surface area contributed by atoms with Crippen LogP contribution >= 0.6 is 0 Å². The van der Waals surface area contributed by atoms with Gasteiger partial charge in [0, 0.05) is 25.6 Å². The first-order valence-electron chi connectivity index (χ1n) is 12.1. The molecule has 3 aromatic carbocycles. The van der Waals surface area contributed by atoms with E-state index in [1.807, 2.05) is 29.2 Å². The summed E-state index contributed by atoms with van der Waals surface area (Å²) in [7, 11) is 0.